The summed E-state index contributed by atoms with van der Waals surface area (Å²) in [6.45, 7) is 6.05. The summed E-state index contributed by atoms with van der Waals surface area (Å²) in [7, 11) is 0. The topological polar surface area (TPSA) is 52.7 Å². The Bertz CT molecular complexity index is 439. The van der Waals surface area contributed by atoms with Crippen molar-refractivity contribution in [2.24, 2.45) is 5.92 Å². The number of nitrogens with zero attached hydrogens (tertiary/aromatic N) is 2. The second-order valence-electron chi connectivity index (χ2n) is 7.74. The molecule has 0 aromatic carbocycles. The van der Waals surface area contributed by atoms with Gasteiger partial charge in [-0.25, -0.2) is 4.79 Å². The minimum atomic E-state index is -0.745. The first kappa shape index (κ1) is 15.8. The Morgan fingerprint density at radius 3 is 2.36 bits per heavy atom. The van der Waals surface area contributed by atoms with E-state index in [9.17, 15) is 9.59 Å². The van der Waals surface area contributed by atoms with Crippen LogP contribution in [0.15, 0.2) is 0 Å². The van der Waals surface area contributed by atoms with E-state index in [-0.39, 0.29) is 11.9 Å². The Kier molecular flexibility index (Phi) is 4.44. The maximum Gasteiger partial charge on any atom is 0.325 e. The van der Waals surface area contributed by atoms with Crippen molar-refractivity contribution in [1.82, 2.24) is 15.1 Å². The van der Waals surface area contributed by atoms with Gasteiger partial charge in [0.1, 0.15) is 5.54 Å². The van der Waals surface area contributed by atoms with E-state index in [1.54, 1.807) is 13.8 Å². The molecule has 1 heterocycles. The van der Waals surface area contributed by atoms with Crippen molar-refractivity contribution in [3.8, 4) is 0 Å². The molecule has 0 atom stereocenters. The Balaban J connectivity index is 1.53. The van der Waals surface area contributed by atoms with Gasteiger partial charge in [-0.1, -0.05) is 19.3 Å². The highest BCUT2D eigenvalue weighted by molar-refractivity contribution is 6.06. The Labute approximate surface area is 133 Å². The number of carbonyl (C=O) groups is 2. The molecule has 0 radical (unpaired) electrons. The molecule has 3 rings (SSSR count). The van der Waals surface area contributed by atoms with Crippen molar-refractivity contribution in [3.05, 3.63) is 0 Å². The van der Waals surface area contributed by atoms with Crippen LogP contribution in [0.4, 0.5) is 4.79 Å². The lowest BCUT2D eigenvalue weighted by molar-refractivity contribution is -0.130. The molecule has 0 spiro atoms. The molecule has 124 valence electrons. The van der Waals surface area contributed by atoms with E-state index < -0.39 is 5.54 Å². The van der Waals surface area contributed by atoms with Crippen molar-refractivity contribution >= 4 is 11.9 Å². The second-order valence-corrected chi connectivity index (χ2v) is 7.74. The van der Waals surface area contributed by atoms with Crippen LogP contribution in [-0.4, -0.2) is 53.0 Å². The van der Waals surface area contributed by atoms with Crippen molar-refractivity contribution < 1.29 is 9.59 Å². The van der Waals surface area contributed by atoms with Crippen LogP contribution in [0.2, 0.25) is 0 Å². The molecule has 22 heavy (non-hydrogen) atoms. The van der Waals surface area contributed by atoms with Gasteiger partial charge in [-0.2, -0.15) is 0 Å². The van der Waals surface area contributed by atoms with Crippen LogP contribution >= 0.6 is 0 Å². The smallest absolute Gasteiger partial charge is 0.324 e. The number of rotatable bonds is 6. The first-order valence-corrected chi connectivity index (χ1v) is 8.85. The Morgan fingerprint density at radius 1 is 1.14 bits per heavy atom. The zero-order chi connectivity index (χ0) is 15.7. The summed E-state index contributed by atoms with van der Waals surface area (Å²) in [4.78, 5) is 28.1. The van der Waals surface area contributed by atoms with Gasteiger partial charge >= 0.3 is 6.03 Å². The summed E-state index contributed by atoms with van der Waals surface area (Å²) >= 11 is 0. The fraction of sp³-hybridized carbons (Fsp3) is 0.882. The minimum absolute atomic E-state index is 0.0917. The van der Waals surface area contributed by atoms with Crippen LogP contribution in [-0.2, 0) is 4.79 Å². The molecule has 0 aromatic heterocycles. The largest absolute Gasteiger partial charge is 0.325 e. The lowest BCUT2D eigenvalue weighted by Gasteiger charge is -2.30. The maximum absolute atomic E-state index is 12.2. The van der Waals surface area contributed by atoms with E-state index in [4.69, 9.17) is 0 Å². The van der Waals surface area contributed by atoms with Gasteiger partial charge in [0.25, 0.3) is 5.91 Å². The monoisotopic (exact) mass is 307 g/mol. The molecule has 3 fully saturated rings. The van der Waals surface area contributed by atoms with Gasteiger partial charge in [0, 0.05) is 25.7 Å². The van der Waals surface area contributed by atoms with E-state index in [0.29, 0.717) is 12.6 Å². The SMILES string of the molecule is CC1(C)NC(=O)N(CCN(CC2CCCCC2)C2CC2)C1=O. The number of nitrogens with one attached hydrogen (secondary N) is 1. The molecule has 2 aliphatic carbocycles. The maximum atomic E-state index is 12.2. The summed E-state index contributed by atoms with van der Waals surface area (Å²) in [5.74, 6) is 0.722. The third-order valence-electron chi connectivity index (χ3n) is 5.34. The molecule has 1 saturated heterocycles. The summed E-state index contributed by atoms with van der Waals surface area (Å²) in [5, 5.41) is 2.76. The van der Waals surface area contributed by atoms with Gasteiger partial charge in [0.2, 0.25) is 0 Å². The van der Waals surface area contributed by atoms with Crippen LogP contribution in [0, 0.1) is 5.92 Å². The number of carbonyl (C=O) groups excluding carboxylic acids is 2. The first-order chi connectivity index (χ1) is 10.5. The molecular formula is C17H29N3O2. The molecule has 0 unspecified atom stereocenters. The van der Waals surface area contributed by atoms with Crippen LogP contribution in [0.3, 0.4) is 0 Å². The molecule has 1 N–H and O–H groups in total. The van der Waals surface area contributed by atoms with E-state index in [1.165, 1.54) is 49.8 Å². The average molecular weight is 307 g/mol. The van der Waals surface area contributed by atoms with E-state index in [1.807, 2.05) is 0 Å². The predicted octanol–water partition coefficient (Wildman–Crippen LogP) is 2.36. The quantitative estimate of drug-likeness (QED) is 0.767. The zero-order valence-corrected chi connectivity index (χ0v) is 13.9. The van der Waals surface area contributed by atoms with Crippen LogP contribution in [0.1, 0.15) is 58.8 Å². The second kappa shape index (κ2) is 6.19. The van der Waals surface area contributed by atoms with Crippen molar-refractivity contribution in [2.75, 3.05) is 19.6 Å². The molecule has 5 nitrogen and oxygen atoms in total. The van der Waals surface area contributed by atoms with Crippen LogP contribution < -0.4 is 5.32 Å². The van der Waals surface area contributed by atoms with Gasteiger partial charge in [0.05, 0.1) is 0 Å². The molecule has 3 amide bonds. The molecular weight excluding hydrogens is 278 g/mol. The number of imide groups is 1. The highest BCUT2D eigenvalue weighted by Gasteiger charge is 2.44. The third-order valence-corrected chi connectivity index (χ3v) is 5.34. The summed E-state index contributed by atoms with van der Waals surface area (Å²) in [6.07, 6.45) is 9.36. The number of hydrogen-bond donors (Lipinski definition) is 1. The van der Waals surface area contributed by atoms with E-state index in [0.717, 1.165) is 19.0 Å². The summed E-state index contributed by atoms with van der Waals surface area (Å²) in [6, 6.07) is 0.458. The van der Waals surface area contributed by atoms with E-state index in [2.05, 4.69) is 10.2 Å². The highest BCUT2D eigenvalue weighted by atomic mass is 16.2. The fourth-order valence-corrected chi connectivity index (χ4v) is 3.81. The predicted molar refractivity (Wildman–Crippen MR) is 85.5 cm³/mol. The zero-order valence-electron chi connectivity index (χ0n) is 13.9. The van der Waals surface area contributed by atoms with Crippen molar-refractivity contribution in [2.45, 2.75) is 70.4 Å². The first-order valence-electron chi connectivity index (χ1n) is 8.85. The Hall–Kier alpha value is -1.10. The minimum Gasteiger partial charge on any atom is -0.324 e. The summed E-state index contributed by atoms with van der Waals surface area (Å²) in [5.41, 5.74) is -0.745. The van der Waals surface area contributed by atoms with Gasteiger partial charge < -0.3 is 5.32 Å². The molecule has 0 bridgehead atoms. The van der Waals surface area contributed by atoms with Crippen LogP contribution in [0.25, 0.3) is 0 Å². The van der Waals surface area contributed by atoms with Crippen molar-refractivity contribution in [3.63, 3.8) is 0 Å². The third kappa shape index (κ3) is 3.45. The van der Waals surface area contributed by atoms with Gasteiger partial charge in [-0.15, -0.1) is 0 Å². The standard InChI is InChI=1S/C17H29N3O2/c1-17(2)15(21)20(16(22)18-17)11-10-19(14-8-9-14)12-13-6-4-3-5-7-13/h13-14H,3-12H2,1-2H3,(H,18,22). The van der Waals surface area contributed by atoms with Gasteiger partial charge in [0.15, 0.2) is 0 Å². The van der Waals surface area contributed by atoms with Crippen LogP contribution in [0.5, 0.6) is 0 Å². The average Bonchev–Trinajstić information content (AvgIpc) is 3.28. The van der Waals surface area contributed by atoms with Gasteiger partial charge in [-0.3, -0.25) is 14.6 Å². The molecule has 0 aromatic rings. The normalized spacial score (nSPS) is 25.9. The summed E-state index contributed by atoms with van der Waals surface area (Å²) < 4.78 is 0. The lowest BCUT2D eigenvalue weighted by atomic mass is 9.89. The van der Waals surface area contributed by atoms with E-state index >= 15 is 0 Å². The lowest BCUT2D eigenvalue weighted by Crippen LogP contribution is -2.43. The van der Waals surface area contributed by atoms with Crippen molar-refractivity contribution in [1.29, 1.82) is 0 Å². The Morgan fingerprint density at radius 2 is 1.82 bits per heavy atom. The number of amides is 3. The molecule has 3 aliphatic rings. The number of urea groups is 1. The molecule has 2 saturated carbocycles. The number of hydrogen-bond acceptors (Lipinski definition) is 3. The molecule has 5 heteroatoms. The van der Waals surface area contributed by atoms with Gasteiger partial charge in [-0.05, 0) is 45.4 Å². The molecule has 1 aliphatic heterocycles. The fourth-order valence-electron chi connectivity index (χ4n) is 3.81. The highest BCUT2D eigenvalue weighted by Crippen LogP contribution is 2.31.